The lowest BCUT2D eigenvalue weighted by Crippen LogP contribution is -2.36. The SMILES string of the molecule is CCCC(C)NC(=O)COc1ccc([C@H](C)N)cc1C. The topological polar surface area (TPSA) is 64.3 Å². The Labute approximate surface area is 121 Å². The van der Waals surface area contributed by atoms with Gasteiger partial charge in [0.1, 0.15) is 5.75 Å². The van der Waals surface area contributed by atoms with Crippen LogP contribution in [0.4, 0.5) is 0 Å². The van der Waals surface area contributed by atoms with Gasteiger partial charge in [-0.15, -0.1) is 0 Å². The second kappa shape index (κ2) is 7.90. The molecule has 2 atom stereocenters. The number of hydrogen-bond acceptors (Lipinski definition) is 3. The molecular formula is C16H26N2O2. The van der Waals surface area contributed by atoms with Crippen LogP contribution in [0.15, 0.2) is 18.2 Å². The average molecular weight is 278 g/mol. The van der Waals surface area contributed by atoms with Crippen molar-refractivity contribution in [1.29, 1.82) is 0 Å². The highest BCUT2D eigenvalue weighted by molar-refractivity contribution is 5.77. The number of nitrogens with two attached hydrogens (primary N) is 1. The zero-order valence-electron chi connectivity index (χ0n) is 12.9. The summed E-state index contributed by atoms with van der Waals surface area (Å²) in [5.41, 5.74) is 7.89. The van der Waals surface area contributed by atoms with Crippen molar-refractivity contribution < 1.29 is 9.53 Å². The van der Waals surface area contributed by atoms with E-state index in [9.17, 15) is 4.79 Å². The van der Waals surface area contributed by atoms with Crippen LogP contribution in [0, 0.1) is 6.92 Å². The van der Waals surface area contributed by atoms with E-state index in [1.54, 1.807) is 0 Å². The minimum Gasteiger partial charge on any atom is -0.484 e. The molecule has 4 heteroatoms. The molecule has 0 saturated carbocycles. The minimum atomic E-state index is -0.0818. The van der Waals surface area contributed by atoms with Crippen molar-refractivity contribution in [1.82, 2.24) is 5.32 Å². The first kappa shape index (κ1) is 16.5. The monoisotopic (exact) mass is 278 g/mol. The number of rotatable bonds is 7. The number of hydrogen-bond donors (Lipinski definition) is 2. The third-order valence-electron chi connectivity index (χ3n) is 3.21. The maximum atomic E-state index is 11.7. The Bertz CT molecular complexity index is 444. The van der Waals surface area contributed by atoms with Crippen molar-refractivity contribution in [3.8, 4) is 5.75 Å². The smallest absolute Gasteiger partial charge is 0.258 e. The van der Waals surface area contributed by atoms with Gasteiger partial charge in [0.15, 0.2) is 6.61 Å². The second-order valence-corrected chi connectivity index (χ2v) is 5.36. The average Bonchev–Trinajstić information content (AvgIpc) is 2.37. The maximum absolute atomic E-state index is 11.7. The van der Waals surface area contributed by atoms with E-state index >= 15 is 0 Å². The minimum absolute atomic E-state index is 0.000872. The fourth-order valence-corrected chi connectivity index (χ4v) is 2.08. The summed E-state index contributed by atoms with van der Waals surface area (Å²) in [5, 5.41) is 2.92. The molecule has 20 heavy (non-hydrogen) atoms. The highest BCUT2D eigenvalue weighted by atomic mass is 16.5. The molecule has 3 N–H and O–H groups in total. The van der Waals surface area contributed by atoms with Crippen LogP contribution in [0.1, 0.15) is 50.8 Å². The van der Waals surface area contributed by atoms with Gasteiger partial charge >= 0.3 is 0 Å². The molecule has 0 aliphatic rings. The van der Waals surface area contributed by atoms with Gasteiger partial charge < -0.3 is 15.8 Å². The van der Waals surface area contributed by atoms with Gasteiger partial charge in [-0.1, -0.05) is 25.5 Å². The van der Waals surface area contributed by atoms with Gasteiger partial charge in [-0.3, -0.25) is 4.79 Å². The molecule has 0 bridgehead atoms. The zero-order chi connectivity index (χ0) is 15.1. The van der Waals surface area contributed by atoms with Gasteiger partial charge in [0, 0.05) is 12.1 Å². The summed E-state index contributed by atoms with van der Waals surface area (Å²) in [6.07, 6.45) is 2.04. The number of nitrogens with one attached hydrogen (secondary N) is 1. The third kappa shape index (κ3) is 5.21. The predicted molar refractivity (Wildman–Crippen MR) is 81.8 cm³/mol. The summed E-state index contributed by atoms with van der Waals surface area (Å²) < 4.78 is 5.56. The summed E-state index contributed by atoms with van der Waals surface area (Å²) in [7, 11) is 0. The predicted octanol–water partition coefficient (Wildman–Crippen LogP) is 2.70. The lowest BCUT2D eigenvalue weighted by molar-refractivity contribution is -0.123. The number of benzene rings is 1. The van der Waals surface area contributed by atoms with E-state index in [4.69, 9.17) is 10.5 Å². The molecule has 0 aliphatic carbocycles. The number of aryl methyl sites for hydroxylation is 1. The van der Waals surface area contributed by atoms with Gasteiger partial charge in [0.2, 0.25) is 0 Å². The lowest BCUT2D eigenvalue weighted by Gasteiger charge is -2.15. The van der Waals surface area contributed by atoms with Gasteiger partial charge in [0.25, 0.3) is 5.91 Å². The molecule has 1 aromatic carbocycles. The summed E-state index contributed by atoms with van der Waals surface area (Å²) >= 11 is 0. The van der Waals surface area contributed by atoms with Crippen molar-refractivity contribution in [2.24, 2.45) is 5.73 Å². The van der Waals surface area contributed by atoms with Crippen LogP contribution in [0.2, 0.25) is 0 Å². The Balaban J connectivity index is 2.51. The summed E-state index contributed by atoms with van der Waals surface area (Å²) in [6.45, 7) is 8.05. The largest absolute Gasteiger partial charge is 0.484 e. The van der Waals surface area contributed by atoms with Crippen LogP contribution < -0.4 is 15.8 Å². The van der Waals surface area contributed by atoms with Crippen LogP contribution in [-0.4, -0.2) is 18.6 Å². The van der Waals surface area contributed by atoms with Gasteiger partial charge in [-0.05, 0) is 44.4 Å². The van der Waals surface area contributed by atoms with Crippen molar-refractivity contribution >= 4 is 5.91 Å². The summed E-state index contributed by atoms with van der Waals surface area (Å²) in [4.78, 5) is 11.7. The Kier molecular flexibility index (Phi) is 6.52. The Morgan fingerprint density at radius 1 is 1.40 bits per heavy atom. The van der Waals surface area contributed by atoms with E-state index in [1.807, 2.05) is 39.0 Å². The molecule has 0 heterocycles. The Morgan fingerprint density at radius 2 is 2.10 bits per heavy atom. The number of amides is 1. The van der Waals surface area contributed by atoms with E-state index in [2.05, 4.69) is 12.2 Å². The molecule has 1 aromatic rings. The van der Waals surface area contributed by atoms with E-state index in [0.29, 0.717) is 0 Å². The first-order valence-electron chi connectivity index (χ1n) is 7.22. The highest BCUT2D eigenvalue weighted by Gasteiger charge is 2.09. The quantitative estimate of drug-likeness (QED) is 0.806. The standard InChI is InChI=1S/C16H26N2O2/c1-5-6-12(3)18-16(19)10-20-15-8-7-14(13(4)17)9-11(15)2/h7-9,12-13H,5-6,10,17H2,1-4H3,(H,18,19)/t12?,13-/m0/s1. The van der Waals surface area contributed by atoms with Crippen molar-refractivity contribution in [3.63, 3.8) is 0 Å². The molecular weight excluding hydrogens is 252 g/mol. The van der Waals surface area contributed by atoms with Crippen molar-refractivity contribution in [3.05, 3.63) is 29.3 Å². The number of carbonyl (C=O) groups is 1. The second-order valence-electron chi connectivity index (χ2n) is 5.36. The molecule has 0 spiro atoms. The first-order valence-corrected chi connectivity index (χ1v) is 7.22. The zero-order valence-corrected chi connectivity index (χ0v) is 12.9. The molecule has 0 radical (unpaired) electrons. The molecule has 0 fully saturated rings. The van der Waals surface area contributed by atoms with Crippen molar-refractivity contribution in [2.45, 2.75) is 52.6 Å². The number of ether oxygens (including phenoxy) is 1. The molecule has 4 nitrogen and oxygen atoms in total. The van der Waals surface area contributed by atoms with Crippen LogP contribution in [-0.2, 0) is 4.79 Å². The summed E-state index contributed by atoms with van der Waals surface area (Å²) in [6, 6.07) is 6.00. The Morgan fingerprint density at radius 3 is 2.65 bits per heavy atom. The molecule has 0 aromatic heterocycles. The molecule has 0 aliphatic heterocycles. The van der Waals surface area contributed by atoms with E-state index in [-0.39, 0.29) is 24.6 Å². The van der Waals surface area contributed by atoms with Crippen LogP contribution >= 0.6 is 0 Å². The molecule has 0 saturated heterocycles. The van der Waals surface area contributed by atoms with E-state index in [0.717, 1.165) is 29.7 Å². The normalized spacial score (nSPS) is 13.7. The van der Waals surface area contributed by atoms with E-state index < -0.39 is 0 Å². The van der Waals surface area contributed by atoms with Crippen LogP contribution in [0.3, 0.4) is 0 Å². The number of carbonyl (C=O) groups excluding carboxylic acids is 1. The van der Waals surface area contributed by atoms with Crippen molar-refractivity contribution in [2.75, 3.05) is 6.61 Å². The maximum Gasteiger partial charge on any atom is 0.258 e. The Hall–Kier alpha value is -1.55. The van der Waals surface area contributed by atoms with Crippen LogP contribution in [0.5, 0.6) is 5.75 Å². The fourth-order valence-electron chi connectivity index (χ4n) is 2.08. The first-order chi connectivity index (χ1) is 9.43. The van der Waals surface area contributed by atoms with E-state index in [1.165, 1.54) is 0 Å². The molecule has 1 amide bonds. The molecule has 1 unspecified atom stereocenters. The molecule has 112 valence electrons. The van der Waals surface area contributed by atoms with Gasteiger partial charge in [-0.2, -0.15) is 0 Å². The fraction of sp³-hybridized carbons (Fsp3) is 0.562. The summed E-state index contributed by atoms with van der Waals surface area (Å²) in [5.74, 6) is 0.648. The molecule has 1 rings (SSSR count). The highest BCUT2D eigenvalue weighted by Crippen LogP contribution is 2.21. The van der Waals surface area contributed by atoms with Crippen LogP contribution in [0.25, 0.3) is 0 Å². The van der Waals surface area contributed by atoms with Gasteiger partial charge in [0.05, 0.1) is 0 Å². The lowest BCUT2D eigenvalue weighted by atomic mass is 10.1. The third-order valence-corrected chi connectivity index (χ3v) is 3.21. The van der Waals surface area contributed by atoms with Gasteiger partial charge in [-0.25, -0.2) is 0 Å².